The summed E-state index contributed by atoms with van der Waals surface area (Å²) in [5.41, 5.74) is 3.37. The lowest BCUT2D eigenvalue weighted by Crippen LogP contribution is -2.74. The molecule has 0 bridgehead atoms. The number of primary amides is 1. The topological polar surface area (TPSA) is 72.2 Å². The van der Waals surface area contributed by atoms with Crippen LogP contribution in [-0.4, -0.2) is 59.7 Å². The number of rotatable bonds is 11. The number of carbonyl (C=O) groups is 2. The minimum absolute atomic E-state index is 0.000927. The number of alkyl halides is 16. The molecule has 0 unspecified atom stereocenters. The molecular weight excluding hydrogens is 707 g/mol. The van der Waals surface area contributed by atoms with E-state index in [0.717, 1.165) is 28.9 Å². The normalized spacial score (nSPS) is 14.3. The zero-order valence-corrected chi connectivity index (χ0v) is 21.8. The molecule has 2 rings (SSSR count). The molecule has 0 aliphatic carbocycles. The van der Waals surface area contributed by atoms with Crippen LogP contribution in [0.5, 0.6) is 0 Å². The molecule has 1 heterocycles. The predicted octanol–water partition coefficient (Wildman–Crippen LogP) is 8.47. The Morgan fingerprint density at radius 3 is 1.65 bits per heavy atom. The maximum absolute atomic E-state index is 14.3. The number of halogens is 18. The smallest absolute Gasteiger partial charge is 0.365 e. The van der Waals surface area contributed by atoms with Crippen LogP contribution in [-0.2, 0) is 4.79 Å². The Bertz CT molecular complexity index is 1410. The van der Waals surface area contributed by atoms with Crippen molar-refractivity contribution in [3.05, 3.63) is 39.2 Å². The number of thiophene rings is 1. The fourth-order valence-corrected chi connectivity index (χ4v) is 4.53. The van der Waals surface area contributed by atoms with E-state index in [-0.39, 0.29) is 26.9 Å². The van der Waals surface area contributed by atoms with Gasteiger partial charge in [-0.2, -0.15) is 61.5 Å². The van der Waals surface area contributed by atoms with E-state index in [1.165, 1.54) is 0 Å². The Morgan fingerprint density at radius 1 is 0.744 bits per heavy atom. The van der Waals surface area contributed by atoms with Crippen molar-refractivity contribution >= 4 is 51.4 Å². The molecule has 23 heteroatoms. The first kappa shape index (κ1) is 36.5. The third-order valence-corrected chi connectivity index (χ3v) is 6.88. The van der Waals surface area contributed by atoms with Crippen molar-refractivity contribution < 1.29 is 79.8 Å². The van der Waals surface area contributed by atoms with Gasteiger partial charge in [0.05, 0.1) is 5.56 Å². The van der Waals surface area contributed by atoms with E-state index < -0.39 is 75.8 Å². The van der Waals surface area contributed by atoms with Gasteiger partial charge in [0, 0.05) is 26.6 Å². The average molecular weight is 715 g/mol. The second-order valence-electron chi connectivity index (χ2n) is 8.17. The second kappa shape index (κ2) is 11.0. The van der Waals surface area contributed by atoms with Gasteiger partial charge in [-0.15, -0.1) is 11.3 Å². The number of carbonyl (C=O) groups excluding carboxylic acids is 2. The Morgan fingerprint density at radius 2 is 1.21 bits per heavy atom. The molecule has 2 amide bonds. The number of nitrogens with two attached hydrogens (primary N) is 1. The van der Waals surface area contributed by atoms with Crippen molar-refractivity contribution in [3.8, 4) is 11.1 Å². The fourth-order valence-electron chi connectivity index (χ4n) is 3.06. The van der Waals surface area contributed by atoms with Crippen LogP contribution in [0.25, 0.3) is 11.1 Å². The lowest BCUT2D eigenvalue weighted by atomic mass is 9.89. The molecule has 3 N–H and O–H groups in total. The minimum atomic E-state index is -8.67. The van der Waals surface area contributed by atoms with E-state index >= 15 is 0 Å². The largest absolute Gasteiger partial charge is 0.393 e. The Balaban J connectivity index is 2.59. The standard InChI is InChI=1S/C20H8Cl2F16N2O2S/c21-5-1-2-6(8(22)3-5)7-4-43-11(9(7)10(39)41)40-13(42)15(27,28)17(31,32)19(35,36)20(37,38)18(33,34)16(29,30)14(25,26)12(23)24/h1-4,12H,(H2,39,41)(H,40,42). The molecular formula is C20H8Cl2F16N2O2S. The highest BCUT2D eigenvalue weighted by atomic mass is 35.5. The van der Waals surface area contributed by atoms with Crippen LogP contribution in [0.1, 0.15) is 10.4 Å². The second-order valence-corrected chi connectivity index (χ2v) is 9.89. The van der Waals surface area contributed by atoms with Crippen molar-refractivity contribution in [1.29, 1.82) is 0 Å². The van der Waals surface area contributed by atoms with Gasteiger partial charge < -0.3 is 11.1 Å². The van der Waals surface area contributed by atoms with Gasteiger partial charge >= 0.3 is 53.8 Å². The number of amides is 2. The van der Waals surface area contributed by atoms with Gasteiger partial charge in [0.2, 0.25) is 0 Å². The summed E-state index contributed by atoms with van der Waals surface area (Å²) in [5.74, 6) is -62.5. The number of anilines is 1. The van der Waals surface area contributed by atoms with Crippen LogP contribution in [0.3, 0.4) is 0 Å². The molecule has 0 fully saturated rings. The van der Waals surface area contributed by atoms with Crippen molar-refractivity contribution in [1.82, 2.24) is 0 Å². The molecule has 0 saturated heterocycles. The highest BCUT2D eigenvalue weighted by molar-refractivity contribution is 7.15. The Labute approximate surface area is 240 Å². The lowest BCUT2D eigenvalue weighted by molar-refractivity contribution is -0.443. The molecule has 0 aliphatic rings. The highest BCUT2D eigenvalue weighted by Crippen LogP contribution is 2.63. The summed E-state index contributed by atoms with van der Waals surface area (Å²) >= 11 is 11.6. The molecule has 2 aromatic rings. The summed E-state index contributed by atoms with van der Waals surface area (Å²) in [6, 6.07) is 3.26. The quantitative estimate of drug-likeness (QED) is 0.229. The van der Waals surface area contributed by atoms with Crippen LogP contribution in [0.4, 0.5) is 75.2 Å². The molecule has 242 valence electrons. The maximum atomic E-state index is 14.3. The molecule has 1 aromatic carbocycles. The average Bonchev–Trinajstić information content (AvgIpc) is 3.26. The molecule has 0 radical (unpaired) electrons. The van der Waals surface area contributed by atoms with E-state index in [1.54, 1.807) is 0 Å². The van der Waals surface area contributed by atoms with Crippen LogP contribution >= 0.6 is 34.5 Å². The molecule has 43 heavy (non-hydrogen) atoms. The maximum Gasteiger partial charge on any atom is 0.393 e. The summed E-state index contributed by atoms with van der Waals surface area (Å²) in [5, 5.41) is -0.0343. The number of benzene rings is 1. The highest BCUT2D eigenvalue weighted by Gasteiger charge is 2.94. The van der Waals surface area contributed by atoms with Crippen molar-refractivity contribution in [3.63, 3.8) is 0 Å². The predicted molar refractivity (Wildman–Crippen MR) is 118 cm³/mol. The summed E-state index contributed by atoms with van der Waals surface area (Å²) in [6.07, 6.45) is -5.98. The van der Waals surface area contributed by atoms with Gasteiger partial charge in [0.15, 0.2) is 0 Å². The molecule has 0 spiro atoms. The summed E-state index contributed by atoms with van der Waals surface area (Å²) in [4.78, 5) is 23.8. The van der Waals surface area contributed by atoms with Crippen LogP contribution < -0.4 is 11.1 Å². The number of hydrogen-bond acceptors (Lipinski definition) is 3. The zero-order chi connectivity index (χ0) is 33.9. The van der Waals surface area contributed by atoms with Crippen LogP contribution in [0.2, 0.25) is 10.0 Å². The molecule has 4 nitrogen and oxygen atoms in total. The van der Waals surface area contributed by atoms with Gasteiger partial charge in [-0.1, -0.05) is 29.3 Å². The molecule has 1 aromatic heterocycles. The van der Waals surface area contributed by atoms with Gasteiger partial charge in [-0.3, -0.25) is 9.59 Å². The molecule has 0 aliphatic heterocycles. The van der Waals surface area contributed by atoms with Crippen molar-refractivity contribution in [2.24, 2.45) is 5.73 Å². The minimum Gasteiger partial charge on any atom is -0.365 e. The zero-order valence-electron chi connectivity index (χ0n) is 19.5. The number of hydrogen-bond donors (Lipinski definition) is 2. The Kier molecular flexibility index (Phi) is 9.37. The van der Waals surface area contributed by atoms with E-state index in [2.05, 4.69) is 0 Å². The SMILES string of the molecule is NC(=O)c1c(-c2ccc(Cl)cc2Cl)csc1NC(=O)C(F)(F)C(F)(F)C(F)(F)C(F)(F)C(F)(F)C(F)(F)C(F)(F)C(F)F. The molecule has 0 saturated carbocycles. The Hall–Kier alpha value is -2.68. The number of nitrogens with one attached hydrogen (secondary N) is 1. The lowest BCUT2D eigenvalue weighted by Gasteiger charge is -2.42. The van der Waals surface area contributed by atoms with Gasteiger partial charge in [0.1, 0.15) is 5.00 Å². The third-order valence-electron chi connectivity index (χ3n) is 5.44. The van der Waals surface area contributed by atoms with Gasteiger partial charge in [-0.05, 0) is 12.1 Å². The third kappa shape index (κ3) is 5.33. The fraction of sp³-hybridized carbons (Fsp3) is 0.400. The molecule has 0 atom stereocenters. The monoisotopic (exact) mass is 714 g/mol. The first-order valence-electron chi connectivity index (χ1n) is 10.2. The van der Waals surface area contributed by atoms with Gasteiger partial charge in [-0.25, -0.2) is 8.78 Å². The van der Waals surface area contributed by atoms with E-state index in [0.29, 0.717) is 0 Å². The summed E-state index contributed by atoms with van der Waals surface area (Å²) in [6.45, 7) is 0. The van der Waals surface area contributed by atoms with Gasteiger partial charge in [0.25, 0.3) is 5.91 Å². The van der Waals surface area contributed by atoms with Crippen LogP contribution in [0.15, 0.2) is 23.6 Å². The summed E-state index contributed by atoms with van der Waals surface area (Å²) in [7, 11) is 0. The van der Waals surface area contributed by atoms with Crippen molar-refractivity contribution in [2.45, 2.75) is 47.9 Å². The first-order valence-corrected chi connectivity index (χ1v) is 11.8. The van der Waals surface area contributed by atoms with E-state index in [9.17, 15) is 79.8 Å². The van der Waals surface area contributed by atoms with Crippen molar-refractivity contribution in [2.75, 3.05) is 5.32 Å². The van der Waals surface area contributed by atoms with E-state index in [4.69, 9.17) is 28.9 Å². The van der Waals surface area contributed by atoms with E-state index in [1.807, 2.05) is 0 Å². The summed E-state index contributed by atoms with van der Waals surface area (Å²) < 4.78 is 217. The van der Waals surface area contributed by atoms with Crippen LogP contribution in [0, 0.1) is 0 Å². The first-order chi connectivity index (χ1) is 19.1.